The molecule has 0 amide bonds. The molecule has 0 aliphatic heterocycles. The molecule has 1 heterocycles. The summed E-state index contributed by atoms with van der Waals surface area (Å²) in [5.41, 5.74) is 6.06. The number of benzene rings is 2. The van der Waals surface area contributed by atoms with Gasteiger partial charge in [-0.2, -0.15) is 15.6 Å². The number of aromatic amines is 1. The van der Waals surface area contributed by atoms with Crippen LogP contribution in [0.2, 0.25) is 0 Å². The summed E-state index contributed by atoms with van der Waals surface area (Å²) in [6, 6.07) is 18.7. The van der Waals surface area contributed by atoms with Crippen molar-refractivity contribution < 1.29 is 0 Å². The predicted molar refractivity (Wildman–Crippen MR) is 93.7 cm³/mol. The Hall–Kier alpha value is -3.90. The average molecular weight is 312 g/mol. The van der Waals surface area contributed by atoms with Crippen molar-refractivity contribution in [1.82, 2.24) is 9.97 Å². The van der Waals surface area contributed by atoms with Crippen LogP contribution < -0.4 is 5.43 Å². The van der Waals surface area contributed by atoms with E-state index in [0.29, 0.717) is 5.69 Å². The van der Waals surface area contributed by atoms with Crippen molar-refractivity contribution in [2.24, 2.45) is 5.10 Å². The molecule has 114 valence electrons. The molecule has 0 unspecified atom stereocenters. The molecule has 2 N–H and O–H groups in total. The van der Waals surface area contributed by atoms with E-state index in [4.69, 9.17) is 10.5 Å². The molecule has 0 radical (unpaired) electrons. The third-order valence-electron chi connectivity index (χ3n) is 3.26. The van der Waals surface area contributed by atoms with Gasteiger partial charge in [-0.1, -0.05) is 30.3 Å². The molecule has 0 saturated heterocycles. The summed E-state index contributed by atoms with van der Waals surface area (Å²) in [4.78, 5) is 7.71. The van der Waals surface area contributed by atoms with E-state index in [1.807, 2.05) is 60.7 Å². The number of fused-ring (bicyclic) bond motifs is 1. The Morgan fingerprint density at radius 2 is 1.79 bits per heavy atom. The summed E-state index contributed by atoms with van der Waals surface area (Å²) in [5, 5.41) is 20.9. The first-order valence-electron chi connectivity index (χ1n) is 7.15. The molecule has 0 bridgehead atoms. The number of hydrogen-bond donors (Lipinski definition) is 2. The van der Waals surface area contributed by atoms with E-state index < -0.39 is 0 Å². The minimum atomic E-state index is -0.219. The Kier molecular flexibility index (Phi) is 4.32. The van der Waals surface area contributed by atoms with Crippen LogP contribution in [0.15, 0.2) is 53.6 Å². The molecule has 0 aliphatic carbocycles. The zero-order valence-corrected chi connectivity index (χ0v) is 12.6. The first-order valence-corrected chi connectivity index (χ1v) is 7.15. The van der Waals surface area contributed by atoms with Crippen molar-refractivity contribution in [3.05, 3.63) is 59.9 Å². The highest BCUT2D eigenvalue weighted by molar-refractivity contribution is 6.10. The molecule has 1 aromatic heterocycles. The predicted octanol–water partition coefficient (Wildman–Crippen LogP) is 3.55. The third-order valence-corrected chi connectivity index (χ3v) is 3.26. The van der Waals surface area contributed by atoms with Crippen molar-refractivity contribution in [3.8, 4) is 12.1 Å². The molecule has 0 atom stereocenters. The van der Waals surface area contributed by atoms with Gasteiger partial charge in [-0.05, 0) is 35.9 Å². The maximum absolute atomic E-state index is 8.62. The zero-order chi connectivity index (χ0) is 16.8. The largest absolute Gasteiger partial charge is 0.338 e. The van der Waals surface area contributed by atoms with Gasteiger partial charge in [0, 0.05) is 0 Å². The zero-order valence-electron chi connectivity index (χ0n) is 12.6. The number of nitriles is 2. The fourth-order valence-corrected chi connectivity index (χ4v) is 2.09. The number of para-hydroxylation sites is 2. The van der Waals surface area contributed by atoms with Crippen LogP contribution in [0.25, 0.3) is 23.2 Å². The molecule has 0 aliphatic rings. The number of H-pyrrole nitrogens is 1. The Balaban J connectivity index is 1.71. The minimum Gasteiger partial charge on any atom is -0.338 e. The number of hydrazone groups is 1. The van der Waals surface area contributed by atoms with Crippen LogP contribution in [-0.2, 0) is 0 Å². The van der Waals surface area contributed by atoms with E-state index >= 15 is 0 Å². The number of hydrogen-bond acceptors (Lipinski definition) is 5. The maximum atomic E-state index is 8.62. The molecule has 3 aromatic rings. The molecule has 6 nitrogen and oxygen atoms in total. The SMILES string of the molecule is N#CC(C#N)=NNc1ccc(C=Cc2nc3ccccc3[nH]2)cc1. The molecular formula is C18H12N6. The third kappa shape index (κ3) is 3.46. The van der Waals surface area contributed by atoms with E-state index in [2.05, 4.69) is 20.5 Å². The van der Waals surface area contributed by atoms with E-state index in [1.165, 1.54) is 0 Å². The smallest absolute Gasteiger partial charge is 0.237 e. The van der Waals surface area contributed by atoms with Crippen LogP contribution in [0.5, 0.6) is 0 Å². The number of nitrogens with one attached hydrogen (secondary N) is 2. The first-order chi connectivity index (χ1) is 11.8. The fourth-order valence-electron chi connectivity index (χ4n) is 2.09. The van der Waals surface area contributed by atoms with Gasteiger partial charge in [0.2, 0.25) is 5.71 Å². The lowest BCUT2D eigenvalue weighted by molar-refractivity contribution is 1.29. The Morgan fingerprint density at radius 1 is 1.04 bits per heavy atom. The van der Waals surface area contributed by atoms with Gasteiger partial charge >= 0.3 is 0 Å². The number of rotatable bonds is 4. The van der Waals surface area contributed by atoms with Gasteiger partial charge in [0.25, 0.3) is 0 Å². The fraction of sp³-hybridized carbons (Fsp3) is 0. The summed E-state index contributed by atoms with van der Waals surface area (Å²) in [7, 11) is 0. The molecule has 6 heteroatoms. The summed E-state index contributed by atoms with van der Waals surface area (Å²) in [5.74, 6) is 0.788. The van der Waals surface area contributed by atoms with Gasteiger partial charge in [0.1, 0.15) is 18.0 Å². The second-order valence-corrected chi connectivity index (χ2v) is 4.89. The van der Waals surface area contributed by atoms with E-state index in [-0.39, 0.29) is 5.71 Å². The van der Waals surface area contributed by atoms with Gasteiger partial charge in [-0.25, -0.2) is 4.98 Å². The quantitative estimate of drug-likeness (QED) is 0.568. The molecule has 3 rings (SSSR count). The molecule has 0 fully saturated rings. The lowest BCUT2D eigenvalue weighted by Crippen LogP contribution is -1.95. The Morgan fingerprint density at radius 3 is 2.50 bits per heavy atom. The van der Waals surface area contributed by atoms with E-state index in [0.717, 1.165) is 22.4 Å². The van der Waals surface area contributed by atoms with Crippen LogP contribution in [0.4, 0.5) is 5.69 Å². The van der Waals surface area contributed by atoms with E-state index in [9.17, 15) is 0 Å². The topological polar surface area (TPSA) is 101 Å². The van der Waals surface area contributed by atoms with Gasteiger partial charge < -0.3 is 4.98 Å². The normalized spacial score (nSPS) is 10.2. The lowest BCUT2D eigenvalue weighted by Gasteiger charge is -2.00. The van der Waals surface area contributed by atoms with Gasteiger partial charge in [-0.15, -0.1) is 0 Å². The van der Waals surface area contributed by atoms with Crippen LogP contribution in [0, 0.1) is 22.7 Å². The van der Waals surface area contributed by atoms with E-state index in [1.54, 1.807) is 12.1 Å². The summed E-state index contributed by atoms with van der Waals surface area (Å²) in [6.07, 6.45) is 3.85. The second-order valence-electron chi connectivity index (χ2n) is 4.89. The van der Waals surface area contributed by atoms with Crippen molar-refractivity contribution in [3.63, 3.8) is 0 Å². The Labute approximate surface area is 138 Å². The maximum Gasteiger partial charge on any atom is 0.237 e. The number of aromatic nitrogens is 2. The van der Waals surface area contributed by atoms with Gasteiger partial charge in [0.15, 0.2) is 0 Å². The van der Waals surface area contributed by atoms with Gasteiger partial charge in [-0.3, -0.25) is 5.43 Å². The number of nitrogens with zero attached hydrogens (tertiary/aromatic N) is 4. The first kappa shape index (κ1) is 15.0. The van der Waals surface area contributed by atoms with Crippen molar-refractivity contribution in [1.29, 1.82) is 10.5 Å². The van der Waals surface area contributed by atoms with Crippen molar-refractivity contribution in [2.45, 2.75) is 0 Å². The molecule has 2 aromatic carbocycles. The van der Waals surface area contributed by atoms with Crippen LogP contribution >= 0.6 is 0 Å². The van der Waals surface area contributed by atoms with Crippen LogP contribution in [0.1, 0.15) is 11.4 Å². The van der Waals surface area contributed by atoms with Gasteiger partial charge in [0.05, 0.1) is 16.7 Å². The van der Waals surface area contributed by atoms with Crippen molar-refractivity contribution in [2.75, 3.05) is 5.43 Å². The molecule has 24 heavy (non-hydrogen) atoms. The van der Waals surface area contributed by atoms with Crippen LogP contribution in [-0.4, -0.2) is 15.7 Å². The highest BCUT2D eigenvalue weighted by Gasteiger charge is 1.98. The summed E-state index contributed by atoms with van der Waals surface area (Å²) in [6.45, 7) is 0. The van der Waals surface area contributed by atoms with Crippen molar-refractivity contribution >= 4 is 34.6 Å². The number of imidazole rings is 1. The number of anilines is 1. The average Bonchev–Trinajstić information content (AvgIpc) is 3.05. The summed E-state index contributed by atoms with van der Waals surface area (Å²) < 4.78 is 0. The molecule has 0 spiro atoms. The lowest BCUT2D eigenvalue weighted by atomic mass is 10.2. The Bertz CT molecular complexity index is 947. The second kappa shape index (κ2) is 6.91. The highest BCUT2D eigenvalue weighted by atomic mass is 15.3. The van der Waals surface area contributed by atoms with Crippen LogP contribution in [0.3, 0.4) is 0 Å². The molecular weight excluding hydrogens is 300 g/mol. The minimum absolute atomic E-state index is 0.219. The highest BCUT2D eigenvalue weighted by Crippen LogP contribution is 2.14. The monoisotopic (exact) mass is 312 g/mol. The standard InChI is InChI=1S/C18H12N6/c19-11-15(12-20)24-23-14-8-5-13(6-9-14)7-10-18-21-16-3-1-2-4-17(16)22-18/h1-10,23H,(H,21,22). The summed E-state index contributed by atoms with van der Waals surface area (Å²) >= 11 is 0. The molecule has 0 saturated carbocycles.